The molecule has 0 amide bonds. The predicted octanol–water partition coefficient (Wildman–Crippen LogP) is 0.377. The summed E-state index contributed by atoms with van der Waals surface area (Å²) in [6, 6.07) is 1.85. The number of nitrogens with zero attached hydrogens (tertiary/aromatic N) is 3. The lowest BCUT2D eigenvalue weighted by Crippen LogP contribution is -2.37. The maximum Gasteiger partial charge on any atom is 0.145 e. The molecule has 0 aromatic carbocycles. The van der Waals surface area contributed by atoms with E-state index >= 15 is 0 Å². The number of aromatic nitrogens is 2. The van der Waals surface area contributed by atoms with Gasteiger partial charge in [-0.3, -0.25) is 0 Å². The second-order valence-electron chi connectivity index (χ2n) is 3.83. The van der Waals surface area contributed by atoms with E-state index in [1.54, 1.807) is 7.11 Å². The number of hydrazine groups is 1. The van der Waals surface area contributed by atoms with Crippen molar-refractivity contribution in [3.63, 3.8) is 0 Å². The van der Waals surface area contributed by atoms with Gasteiger partial charge >= 0.3 is 0 Å². The summed E-state index contributed by atoms with van der Waals surface area (Å²) >= 11 is 0. The highest BCUT2D eigenvalue weighted by Gasteiger charge is 2.19. The highest BCUT2D eigenvalue weighted by atomic mass is 16.5. The number of anilines is 2. The zero-order valence-electron chi connectivity index (χ0n) is 9.39. The van der Waals surface area contributed by atoms with Gasteiger partial charge in [-0.05, 0) is 12.8 Å². The molecule has 88 valence electrons. The molecule has 0 radical (unpaired) electrons. The van der Waals surface area contributed by atoms with E-state index in [2.05, 4.69) is 20.3 Å². The lowest BCUT2D eigenvalue weighted by molar-refractivity contribution is 0.0818. The molecular formula is C10H17N5O. The second kappa shape index (κ2) is 5.09. The Bertz CT molecular complexity index is 338. The van der Waals surface area contributed by atoms with Gasteiger partial charge in [-0.25, -0.2) is 15.8 Å². The molecule has 2 rings (SSSR count). The second-order valence-corrected chi connectivity index (χ2v) is 3.83. The fraction of sp³-hybridized carbons (Fsp3) is 0.600. The first-order valence-electron chi connectivity index (χ1n) is 5.40. The molecule has 1 fully saturated rings. The van der Waals surface area contributed by atoms with Crippen molar-refractivity contribution in [2.45, 2.75) is 18.9 Å². The van der Waals surface area contributed by atoms with Crippen molar-refractivity contribution in [2.75, 3.05) is 30.5 Å². The van der Waals surface area contributed by atoms with Crippen LogP contribution < -0.4 is 16.2 Å². The Kier molecular flexibility index (Phi) is 3.53. The van der Waals surface area contributed by atoms with Gasteiger partial charge in [-0.2, -0.15) is 0 Å². The van der Waals surface area contributed by atoms with Gasteiger partial charge in [0.15, 0.2) is 0 Å². The van der Waals surface area contributed by atoms with Crippen LogP contribution in [0.2, 0.25) is 0 Å². The van der Waals surface area contributed by atoms with Gasteiger partial charge in [0, 0.05) is 26.3 Å². The highest BCUT2D eigenvalue weighted by molar-refractivity contribution is 5.47. The Balaban J connectivity index is 2.02. The highest BCUT2D eigenvalue weighted by Crippen LogP contribution is 2.20. The third-order valence-electron chi connectivity index (χ3n) is 2.90. The summed E-state index contributed by atoms with van der Waals surface area (Å²) < 4.78 is 5.33. The zero-order chi connectivity index (χ0) is 11.4. The molecule has 0 unspecified atom stereocenters. The summed E-state index contributed by atoms with van der Waals surface area (Å²) in [5.74, 6) is 6.87. The molecule has 2 heterocycles. The number of rotatable bonds is 3. The lowest BCUT2D eigenvalue weighted by Gasteiger charge is -2.32. The standard InChI is InChI=1S/C10H17N5O/c1-16-8-2-4-15(5-3-8)10-6-9(14-11)12-7-13-10/h6-8H,2-5,11H2,1H3,(H,12,13,14). The first kappa shape index (κ1) is 11.1. The van der Waals surface area contributed by atoms with E-state index in [1.807, 2.05) is 6.07 Å². The van der Waals surface area contributed by atoms with Crippen molar-refractivity contribution in [3.8, 4) is 0 Å². The van der Waals surface area contributed by atoms with Crippen LogP contribution in [-0.2, 0) is 4.74 Å². The summed E-state index contributed by atoms with van der Waals surface area (Å²) in [4.78, 5) is 10.4. The van der Waals surface area contributed by atoms with Crippen LogP contribution in [-0.4, -0.2) is 36.3 Å². The minimum Gasteiger partial charge on any atom is -0.381 e. The van der Waals surface area contributed by atoms with Gasteiger partial charge in [-0.15, -0.1) is 0 Å². The van der Waals surface area contributed by atoms with E-state index in [9.17, 15) is 0 Å². The molecule has 6 heteroatoms. The van der Waals surface area contributed by atoms with E-state index in [4.69, 9.17) is 10.6 Å². The quantitative estimate of drug-likeness (QED) is 0.570. The van der Waals surface area contributed by atoms with Crippen LogP contribution in [0, 0.1) is 0 Å². The third-order valence-corrected chi connectivity index (χ3v) is 2.90. The van der Waals surface area contributed by atoms with Crippen molar-refractivity contribution >= 4 is 11.6 Å². The van der Waals surface area contributed by atoms with Crippen molar-refractivity contribution in [1.29, 1.82) is 0 Å². The molecule has 1 aliphatic heterocycles. The third kappa shape index (κ3) is 2.40. The fourth-order valence-corrected chi connectivity index (χ4v) is 1.92. The summed E-state index contributed by atoms with van der Waals surface area (Å²) in [6.07, 6.45) is 3.97. The van der Waals surface area contributed by atoms with Crippen LogP contribution in [0.4, 0.5) is 11.6 Å². The molecule has 0 bridgehead atoms. The molecule has 1 saturated heterocycles. The molecular weight excluding hydrogens is 206 g/mol. The Hall–Kier alpha value is -1.40. The SMILES string of the molecule is COC1CCN(c2cc(NN)ncn2)CC1. The molecule has 1 aliphatic rings. The van der Waals surface area contributed by atoms with E-state index in [-0.39, 0.29) is 0 Å². The van der Waals surface area contributed by atoms with Gasteiger partial charge in [0.05, 0.1) is 6.10 Å². The summed E-state index contributed by atoms with van der Waals surface area (Å²) in [5, 5.41) is 0. The van der Waals surface area contributed by atoms with Gasteiger partial charge < -0.3 is 15.1 Å². The van der Waals surface area contributed by atoms with Crippen LogP contribution in [0.25, 0.3) is 0 Å². The van der Waals surface area contributed by atoms with E-state index in [0.29, 0.717) is 11.9 Å². The largest absolute Gasteiger partial charge is 0.381 e. The molecule has 3 N–H and O–H groups in total. The number of nitrogens with one attached hydrogen (secondary N) is 1. The number of hydrogen-bond donors (Lipinski definition) is 2. The molecule has 0 saturated carbocycles. The average Bonchev–Trinajstić information content (AvgIpc) is 2.39. The van der Waals surface area contributed by atoms with Crippen molar-refractivity contribution < 1.29 is 4.74 Å². The smallest absolute Gasteiger partial charge is 0.145 e. The maximum atomic E-state index is 5.33. The fourth-order valence-electron chi connectivity index (χ4n) is 1.92. The van der Waals surface area contributed by atoms with Crippen LogP contribution in [0.15, 0.2) is 12.4 Å². The van der Waals surface area contributed by atoms with Gasteiger partial charge in [0.25, 0.3) is 0 Å². The van der Waals surface area contributed by atoms with E-state index in [0.717, 1.165) is 31.7 Å². The molecule has 1 aromatic heterocycles. The molecule has 0 atom stereocenters. The van der Waals surface area contributed by atoms with Crippen LogP contribution in [0.1, 0.15) is 12.8 Å². The summed E-state index contributed by atoms with van der Waals surface area (Å²) in [5.41, 5.74) is 2.52. The first-order valence-corrected chi connectivity index (χ1v) is 5.40. The number of methoxy groups -OCH3 is 1. The van der Waals surface area contributed by atoms with Crippen LogP contribution in [0.3, 0.4) is 0 Å². The van der Waals surface area contributed by atoms with Crippen molar-refractivity contribution in [2.24, 2.45) is 5.84 Å². The summed E-state index contributed by atoms with van der Waals surface area (Å²) in [7, 11) is 1.77. The molecule has 1 aromatic rings. The molecule has 6 nitrogen and oxygen atoms in total. The van der Waals surface area contributed by atoms with Crippen LogP contribution in [0.5, 0.6) is 0 Å². The maximum absolute atomic E-state index is 5.33. The van der Waals surface area contributed by atoms with Gasteiger partial charge in [-0.1, -0.05) is 0 Å². The number of nitrogens with two attached hydrogens (primary N) is 1. The van der Waals surface area contributed by atoms with Crippen LogP contribution >= 0.6 is 0 Å². The van der Waals surface area contributed by atoms with Crippen molar-refractivity contribution in [1.82, 2.24) is 9.97 Å². The van der Waals surface area contributed by atoms with Crippen molar-refractivity contribution in [3.05, 3.63) is 12.4 Å². The average molecular weight is 223 g/mol. The molecule has 16 heavy (non-hydrogen) atoms. The Labute approximate surface area is 94.8 Å². The first-order chi connectivity index (χ1) is 7.83. The predicted molar refractivity (Wildman–Crippen MR) is 62.1 cm³/mol. The van der Waals surface area contributed by atoms with E-state index < -0.39 is 0 Å². The van der Waals surface area contributed by atoms with Gasteiger partial charge in [0.1, 0.15) is 18.0 Å². The van der Waals surface area contributed by atoms with Gasteiger partial charge in [0.2, 0.25) is 0 Å². The Morgan fingerprint density at radius 1 is 1.44 bits per heavy atom. The number of ether oxygens (including phenoxy) is 1. The topological polar surface area (TPSA) is 76.3 Å². The van der Waals surface area contributed by atoms with E-state index in [1.165, 1.54) is 6.33 Å². The zero-order valence-corrected chi connectivity index (χ0v) is 9.39. The number of nitrogen functional groups attached to an aromatic ring is 1. The number of piperidine rings is 1. The normalized spacial score (nSPS) is 17.5. The Morgan fingerprint density at radius 2 is 2.19 bits per heavy atom. The lowest BCUT2D eigenvalue weighted by atomic mass is 10.1. The number of hydrogen-bond acceptors (Lipinski definition) is 6. The monoisotopic (exact) mass is 223 g/mol. The minimum atomic E-state index is 0.380. The summed E-state index contributed by atoms with van der Waals surface area (Å²) in [6.45, 7) is 1.92. The Morgan fingerprint density at radius 3 is 2.81 bits per heavy atom. The molecule has 0 spiro atoms. The minimum absolute atomic E-state index is 0.380. The molecule has 0 aliphatic carbocycles.